The molecule has 2 N–H and O–H groups in total. The van der Waals surface area contributed by atoms with Crippen LogP contribution in [0, 0.1) is 25.2 Å². The van der Waals surface area contributed by atoms with Gasteiger partial charge in [0.25, 0.3) is 0 Å². The summed E-state index contributed by atoms with van der Waals surface area (Å²) in [5.74, 6) is 1.64. The number of nitrogens with zero attached hydrogens (tertiary/aromatic N) is 4. The van der Waals surface area contributed by atoms with Crippen LogP contribution in [0.25, 0.3) is 10.9 Å². The van der Waals surface area contributed by atoms with Crippen LogP contribution in [0.4, 0.5) is 17.1 Å². The molecule has 2 aromatic carbocycles. The fourth-order valence-corrected chi connectivity index (χ4v) is 4.24. The van der Waals surface area contributed by atoms with Gasteiger partial charge in [0, 0.05) is 41.5 Å². The molecule has 1 amide bonds. The van der Waals surface area contributed by atoms with Crippen molar-refractivity contribution in [1.29, 1.82) is 5.26 Å². The summed E-state index contributed by atoms with van der Waals surface area (Å²) < 4.78 is 11.8. The van der Waals surface area contributed by atoms with Crippen LogP contribution in [0.1, 0.15) is 36.5 Å². The van der Waals surface area contributed by atoms with Crippen molar-refractivity contribution in [3.8, 4) is 23.4 Å². The van der Waals surface area contributed by atoms with E-state index in [4.69, 9.17) is 9.47 Å². The second-order valence-corrected chi connectivity index (χ2v) is 9.74. The van der Waals surface area contributed by atoms with Crippen molar-refractivity contribution >= 4 is 33.9 Å². The Morgan fingerprint density at radius 3 is 2.60 bits per heavy atom. The van der Waals surface area contributed by atoms with Gasteiger partial charge in [-0.15, -0.1) is 0 Å². The van der Waals surface area contributed by atoms with Gasteiger partial charge in [-0.25, -0.2) is 4.98 Å². The number of carbonyl (C=O) groups is 1. The van der Waals surface area contributed by atoms with Gasteiger partial charge in [-0.05, 0) is 83.7 Å². The molecule has 0 fully saturated rings. The van der Waals surface area contributed by atoms with E-state index in [1.54, 1.807) is 12.3 Å². The molecular formula is C31H34N6O3. The van der Waals surface area contributed by atoms with Crippen LogP contribution in [0.5, 0.6) is 17.4 Å². The predicted octanol–water partition coefficient (Wildman–Crippen LogP) is 6.33. The lowest BCUT2D eigenvalue weighted by Gasteiger charge is -2.17. The van der Waals surface area contributed by atoms with Crippen molar-refractivity contribution in [3.63, 3.8) is 0 Å². The van der Waals surface area contributed by atoms with Crippen LogP contribution >= 0.6 is 0 Å². The lowest BCUT2D eigenvalue weighted by Crippen LogP contribution is -2.17. The molecule has 0 aliphatic rings. The maximum atomic E-state index is 12.7. The summed E-state index contributed by atoms with van der Waals surface area (Å²) >= 11 is 0. The Balaban J connectivity index is 1.67. The normalized spacial score (nSPS) is 10.8. The Kier molecular flexibility index (Phi) is 9.15. The molecule has 0 saturated carbocycles. The molecule has 0 atom stereocenters. The van der Waals surface area contributed by atoms with E-state index in [1.807, 2.05) is 76.2 Å². The number of hydrogen-bond acceptors (Lipinski definition) is 8. The van der Waals surface area contributed by atoms with Gasteiger partial charge in [0.2, 0.25) is 11.8 Å². The number of aryl methyl sites for hydroxylation is 2. The standard InChI is InChI=1S/C31H34N6O3/c1-6-39-28-17-26-24(16-27(28)35-29(38)10-8-14-37(4)5)30(22(18-32)19-34-26)36-25-12-11-23(15-21(25)3)40-31-20(2)9-7-13-33-31/h7,9,11-13,15-17,19H,6,8,10,14H2,1-5H3,(H,34,36)(H,35,38). The van der Waals surface area contributed by atoms with E-state index in [1.165, 1.54) is 6.20 Å². The molecule has 0 unspecified atom stereocenters. The molecule has 4 rings (SSSR count). The summed E-state index contributed by atoms with van der Waals surface area (Å²) in [5.41, 5.74) is 4.81. The van der Waals surface area contributed by atoms with E-state index >= 15 is 0 Å². The van der Waals surface area contributed by atoms with Gasteiger partial charge < -0.3 is 25.0 Å². The molecule has 0 saturated heterocycles. The summed E-state index contributed by atoms with van der Waals surface area (Å²) in [6.07, 6.45) is 4.36. The van der Waals surface area contributed by atoms with Crippen molar-refractivity contribution in [3.05, 3.63) is 71.5 Å². The Morgan fingerprint density at radius 2 is 1.90 bits per heavy atom. The van der Waals surface area contributed by atoms with Gasteiger partial charge >= 0.3 is 0 Å². The second-order valence-electron chi connectivity index (χ2n) is 9.74. The predicted molar refractivity (Wildman–Crippen MR) is 158 cm³/mol. The second kappa shape index (κ2) is 12.9. The minimum atomic E-state index is -0.101. The quantitative estimate of drug-likeness (QED) is 0.228. The van der Waals surface area contributed by atoms with E-state index in [0.29, 0.717) is 58.2 Å². The van der Waals surface area contributed by atoms with E-state index in [-0.39, 0.29) is 5.91 Å². The Hall–Kier alpha value is -4.68. The van der Waals surface area contributed by atoms with Gasteiger partial charge in [0.1, 0.15) is 17.6 Å². The number of hydrogen-bond donors (Lipinski definition) is 2. The lowest BCUT2D eigenvalue weighted by molar-refractivity contribution is -0.116. The number of ether oxygens (including phenoxy) is 2. The summed E-state index contributed by atoms with van der Waals surface area (Å²) in [6, 6.07) is 15.3. The molecule has 0 radical (unpaired) electrons. The molecule has 4 aromatic rings. The first-order valence-corrected chi connectivity index (χ1v) is 13.2. The molecule has 9 nitrogen and oxygen atoms in total. The van der Waals surface area contributed by atoms with Crippen molar-refractivity contribution in [2.45, 2.75) is 33.6 Å². The first-order valence-electron chi connectivity index (χ1n) is 13.2. The zero-order valence-electron chi connectivity index (χ0n) is 23.5. The third-order valence-corrected chi connectivity index (χ3v) is 6.31. The number of carbonyl (C=O) groups excluding carboxylic acids is 1. The summed E-state index contributed by atoms with van der Waals surface area (Å²) in [6.45, 7) is 7.04. The number of amides is 1. The Morgan fingerprint density at radius 1 is 1.07 bits per heavy atom. The van der Waals surface area contributed by atoms with Crippen LogP contribution in [0.3, 0.4) is 0 Å². The number of nitriles is 1. The van der Waals surface area contributed by atoms with Crippen molar-refractivity contribution in [2.24, 2.45) is 0 Å². The monoisotopic (exact) mass is 538 g/mol. The number of fused-ring (bicyclic) bond motifs is 1. The zero-order chi connectivity index (χ0) is 28.6. The molecule has 40 heavy (non-hydrogen) atoms. The van der Waals surface area contributed by atoms with E-state index in [2.05, 4.69) is 26.7 Å². The average molecular weight is 539 g/mol. The highest BCUT2D eigenvalue weighted by Gasteiger charge is 2.16. The minimum Gasteiger partial charge on any atom is -0.492 e. The number of benzene rings is 2. The number of rotatable bonds is 11. The maximum Gasteiger partial charge on any atom is 0.224 e. The highest BCUT2D eigenvalue weighted by Crippen LogP contribution is 2.37. The SMILES string of the molecule is CCOc1cc2ncc(C#N)c(Nc3ccc(Oc4ncccc4C)cc3C)c2cc1NC(=O)CCCN(C)C. The molecule has 0 spiro atoms. The van der Waals surface area contributed by atoms with Gasteiger partial charge in [-0.3, -0.25) is 9.78 Å². The minimum absolute atomic E-state index is 0.101. The maximum absolute atomic E-state index is 12.7. The lowest BCUT2D eigenvalue weighted by atomic mass is 10.1. The first kappa shape index (κ1) is 28.3. The topological polar surface area (TPSA) is 112 Å². The van der Waals surface area contributed by atoms with Gasteiger partial charge in [0.05, 0.1) is 29.1 Å². The highest BCUT2D eigenvalue weighted by molar-refractivity contribution is 6.02. The molecular weight excluding hydrogens is 504 g/mol. The summed E-state index contributed by atoms with van der Waals surface area (Å²) in [4.78, 5) is 23.6. The zero-order valence-corrected chi connectivity index (χ0v) is 23.5. The molecule has 2 aromatic heterocycles. The van der Waals surface area contributed by atoms with Crippen molar-refractivity contribution in [2.75, 3.05) is 37.9 Å². The highest BCUT2D eigenvalue weighted by atomic mass is 16.5. The third-order valence-electron chi connectivity index (χ3n) is 6.31. The first-order chi connectivity index (χ1) is 19.3. The fourth-order valence-electron chi connectivity index (χ4n) is 4.24. The van der Waals surface area contributed by atoms with Crippen molar-refractivity contribution in [1.82, 2.24) is 14.9 Å². The Bertz CT molecular complexity index is 1560. The van der Waals surface area contributed by atoms with Crippen LogP contribution in [-0.2, 0) is 4.79 Å². The van der Waals surface area contributed by atoms with Gasteiger partial charge in [-0.2, -0.15) is 5.26 Å². The number of nitrogens with one attached hydrogen (secondary N) is 2. The van der Waals surface area contributed by atoms with E-state index in [9.17, 15) is 10.1 Å². The number of aromatic nitrogens is 2. The fraction of sp³-hybridized carbons (Fsp3) is 0.290. The largest absolute Gasteiger partial charge is 0.492 e. The number of pyridine rings is 2. The van der Waals surface area contributed by atoms with Crippen molar-refractivity contribution < 1.29 is 14.3 Å². The molecule has 0 aliphatic carbocycles. The van der Waals surface area contributed by atoms with Gasteiger partial charge in [0.15, 0.2) is 0 Å². The molecule has 0 bridgehead atoms. The van der Waals surface area contributed by atoms with Crippen LogP contribution in [0.2, 0.25) is 0 Å². The van der Waals surface area contributed by atoms with E-state index < -0.39 is 0 Å². The number of anilines is 3. The van der Waals surface area contributed by atoms with Crippen LogP contribution in [0.15, 0.2) is 54.9 Å². The van der Waals surface area contributed by atoms with Crippen LogP contribution < -0.4 is 20.1 Å². The smallest absolute Gasteiger partial charge is 0.224 e. The third kappa shape index (κ3) is 6.84. The molecule has 0 aliphatic heterocycles. The average Bonchev–Trinajstić information content (AvgIpc) is 2.92. The summed E-state index contributed by atoms with van der Waals surface area (Å²) in [7, 11) is 3.96. The van der Waals surface area contributed by atoms with Gasteiger partial charge in [-0.1, -0.05) is 6.07 Å². The molecule has 9 heteroatoms. The van der Waals surface area contributed by atoms with Crippen LogP contribution in [-0.4, -0.2) is 48.0 Å². The van der Waals surface area contributed by atoms with E-state index in [0.717, 1.165) is 29.8 Å². The summed E-state index contributed by atoms with van der Waals surface area (Å²) in [5, 5.41) is 17.0. The molecule has 2 heterocycles. The molecule has 206 valence electrons. The Labute approximate surface area is 234 Å².